The van der Waals surface area contributed by atoms with E-state index in [1.165, 1.54) is 0 Å². The van der Waals surface area contributed by atoms with Gasteiger partial charge in [0.25, 0.3) is 5.89 Å². The predicted octanol–water partition coefficient (Wildman–Crippen LogP) is 2.27. The number of hydrogen-bond acceptors (Lipinski definition) is 6. The maximum atomic E-state index is 9.74. The third kappa shape index (κ3) is 3.27. The predicted molar refractivity (Wildman–Crippen MR) is 71.6 cm³/mol. The first kappa shape index (κ1) is 14.3. The molecule has 20 heavy (non-hydrogen) atoms. The van der Waals surface area contributed by atoms with Gasteiger partial charge >= 0.3 is 0 Å². The van der Waals surface area contributed by atoms with Gasteiger partial charge in [0.1, 0.15) is 11.5 Å². The van der Waals surface area contributed by atoms with Gasteiger partial charge in [-0.3, -0.25) is 0 Å². The molecular formula is C14H18N2O4. The van der Waals surface area contributed by atoms with Gasteiger partial charge in [-0.25, -0.2) is 0 Å². The summed E-state index contributed by atoms with van der Waals surface area (Å²) in [5, 5.41) is 13.5. The molecule has 108 valence electrons. The van der Waals surface area contributed by atoms with Crippen molar-refractivity contribution in [1.29, 1.82) is 0 Å². The van der Waals surface area contributed by atoms with E-state index in [2.05, 4.69) is 10.1 Å². The third-order valence-corrected chi connectivity index (χ3v) is 2.85. The highest BCUT2D eigenvalue weighted by Gasteiger charge is 2.12. The van der Waals surface area contributed by atoms with Gasteiger partial charge in [0.2, 0.25) is 0 Å². The Morgan fingerprint density at radius 1 is 1.40 bits per heavy atom. The maximum Gasteiger partial charge on any atom is 0.264 e. The summed E-state index contributed by atoms with van der Waals surface area (Å²) in [7, 11) is 1.58. The molecule has 1 N–H and O–H groups in total. The van der Waals surface area contributed by atoms with Gasteiger partial charge in [0.05, 0.1) is 13.2 Å². The highest BCUT2D eigenvalue weighted by molar-refractivity contribution is 5.41. The minimum absolute atomic E-state index is 0.153. The molecule has 0 bridgehead atoms. The molecule has 0 radical (unpaired) electrons. The number of aliphatic hydroxyl groups excluding tert-OH is 1. The molecule has 1 atom stereocenters. The molecular weight excluding hydrogens is 260 g/mol. The van der Waals surface area contributed by atoms with Crippen LogP contribution in [0.2, 0.25) is 0 Å². The highest BCUT2D eigenvalue weighted by Crippen LogP contribution is 2.30. The quantitative estimate of drug-likeness (QED) is 0.873. The number of hydrogen-bond donors (Lipinski definition) is 1. The van der Waals surface area contributed by atoms with Gasteiger partial charge in [-0.1, -0.05) is 12.1 Å². The molecule has 2 rings (SSSR count). The first-order chi connectivity index (χ1) is 9.63. The van der Waals surface area contributed by atoms with Gasteiger partial charge in [0, 0.05) is 18.1 Å². The summed E-state index contributed by atoms with van der Waals surface area (Å²) in [6, 6.07) is 5.26. The monoisotopic (exact) mass is 278 g/mol. The zero-order valence-electron chi connectivity index (χ0n) is 11.8. The fourth-order valence-electron chi connectivity index (χ4n) is 1.74. The lowest BCUT2D eigenvalue weighted by Crippen LogP contribution is -2.02. The number of methoxy groups -OCH3 is 1. The largest absolute Gasteiger partial charge is 0.497 e. The van der Waals surface area contributed by atoms with Crippen molar-refractivity contribution in [1.82, 2.24) is 10.1 Å². The van der Waals surface area contributed by atoms with Gasteiger partial charge in [-0.15, -0.1) is 0 Å². The van der Waals surface area contributed by atoms with Crippen molar-refractivity contribution in [3.63, 3.8) is 0 Å². The summed E-state index contributed by atoms with van der Waals surface area (Å²) >= 11 is 0. The van der Waals surface area contributed by atoms with Gasteiger partial charge in [0.15, 0.2) is 12.4 Å². The Balaban J connectivity index is 2.14. The summed E-state index contributed by atoms with van der Waals surface area (Å²) < 4.78 is 15.9. The number of rotatable bonds is 6. The zero-order chi connectivity index (χ0) is 14.5. The van der Waals surface area contributed by atoms with Crippen LogP contribution in [0.3, 0.4) is 0 Å². The summed E-state index contributed by atoms with van der Waals surface area (Å²) in [6.45, 7) is 3.78. The first-order valence-corrected chi connectivity index (χ1v) is 6.44. The molecule has 2 aromatic rings. The van der Waals surface area contributed by atoms with Crippen LogP contribution in [0.1, 0.15) is 37.2 Å². The second kappa shape index (κ2) is 6.38. The normalized spacial score (nSPS) is 12.2. The number of aliphatic hydroxyl groups is 1. The molecule has 0 aliphatic carbocycles. The fourth-order valence-corrected chi connectivity index (χ4v) is 1.74. The molecule has 0 unspecified atom stereocenters. The SMILES string of the molecule is CCc1noc(COc2cc(OC)ccc2[C@H](C)O)n1. The van der Waals surface area contributed by atoms with Crippen LogP contribution < -0.4 is 9.47 Å². The van der Waals surface area contributed by atoms with E-state index in [4.69, 9.17) is 14.0 Å². The Hall–Kier alpha value is -2.08. The van der Waals surface area contributed by atoms with Crippen molar-refractivity contribution in [3.05, 3.63) is 35.5 Å². The average molecular weight is 278 g/mol. The van der Waals surface area contributed by atoms with Gasteiger partial charge in [-0.2, -0.15) is 4.98 Å². The van der Waals surface area contributed by atoms with E-state index < -0.39 is 6.10 Å². The maximum absolute atomic E-state index is 9.74. The summed E-state index contributed by atoms with van der Waals surface area (Å²) in [4.78, 5) is 4.16. The number of nitrogens with zero attached hydrogens (tertiary/aromatic N) is 2. The van der Waals surface area contributed by atoms with Crippen molar-refractivity contribution < 1.29 is 19.1 Å². The van der Waals surface area contributed by atoms with Crippen LogP contribution in [-0.2, 0) is 13.0 Å². The Kier molecular flexibility index (Phi) is 4.57. The second-order valence-corrected chi connectivity index (χ2v) is 4.33. The lowest BCUT2D eigenvalue weighted by Gasteiger charge is -2.13. The van der Waals surface area contributed by atoms with Gasteiger partial charge in [-0.05, 0) is 19.1 Å². The van der Waals surface area contributed by atoms with Crippen LogP contribution in [0.25, 0.3) is 0 Å². The molecule has 0 saturated heterocycles. The average Bonchev–Trinajstić information content (AvgIpc) is 2.92. The zero-order valence-corrected chi connectivity index (χ0v) is 11.8. The molecule has 1 heterocycles. The standard InChI is InChI=1S/C14H18N2O4/c1-4-13-15-14(20-16-13)8-19-12-7-10(18-3)5-6-11(12)9(2)17/h5-7,9,17H,4,8H2,1-3H3/t9-/m0/s1. The van der Waals surface area contributed by atoms with Crippen LogP contribution in [0.4, 0.5) is 0 Å². The molecule has 0 saturated carbocycles. The number of benzene rings is 1. The number of aromatic nitrogens is 2. The van der Waals surface area contributed by atoms with Crippen LogP contribution in [-0.4, -0.2) is 22.4 Å². The van der Waals surface area contributed by atoms with Crippen molar-refractivity contribution in [2.75, 3.05) is 7.11 Å². The lowest BCUT2D eigenvalue weighted by molar-refractivity contribution is 0.185. The second-order valence-electron chi connectivity index (χ2n) is 4.33. The summed E-state index contributed by atoms with van der Waals surface area (Å²) in [5.41, 5.74) is 0.682. The lowest BCUT2D eigenvalue weighted by atomic mass is 10.1. The van der Waals surface area contributed by atoms with Crippen LogP contribution in [0, 0.1) is 0 Å². The van der Waals surface area contributed by atoms with E-state index in [0.29, 0.717) is 35.2 Å². The van der Waals surface area contributed by atoms with Crippen LogP contribution >= 0.6 is 0 Å². The Bertz CT molecular complexity index is 566. The van der Waals surface area contributed by atoms with Crippen molar-refractivity contribution in [2.45, 2.75) is 33.0 Å². The molecule has 0 spiro atoms. The van der Waals surface area contributed by atoms with E-state index in [-0.39, 0.29) is 6.61 Å². The van der Waals surface area contributed by atoms with Gasteiger partial charge < -0.3 is 19.1 Å². The van der Waals surface area contributed by atoms with E-state index >= 15 is 0 Å². The minimum atomic E-state index is -0.634. The van der Waals surface area contributed by atoms with Crippen molar-refractivity contribution in [2.24, 2.45) is 0 Å². The molecule has 0 aliphatic heterocycles. The highest BCUT2D eigenvalue weighted by atomic mass is 16.5. The molecule has 6 nitrogen and oxygen atoms in total. The summed E-state index contributed by atoms with van der Waals surface area (Å²) in [5.74, 6) is 2.24. The first-order valence-electron chi connectivity index (χ1n) is 6.44. The Morgan fingerprint density at radius 2 is 2.20 bits per heavy atom. The van der Waals surface area contributed by atoms with E-state index in [1.54, 1.807) is 32.2 Å². The molecule has 1 aromatic heterocycles. The van der Waals surface area contributed by atoms with Crippen molar-refractivity contribution in [3.8, 4) is 11.5 Å². The summed E-state index contributed by atoms with van der Waals surface area (Å²) in [6.07, 6.45) is 0.0755. The van der Waals surface area contributed by atoms with Crippen LogP contribution in [0.15, 0.2) is 22.7 Å². The third-order valence-electron chi connectivity index (χ3n) is 2.85. The molecule has 0 amide bonds. The van der Waals surface area contributed by atoms with E-state index in [9.17, 15) is 5.11 Å². The fraction of sp³-hybridized carbons (Fsp3) is 0.429. The smallest absolute Gasteiger partial charge is 0.264 e. The molecule has 6 heteroatoms. The Labute approximate surface area is 117 Å². The topological polar surface area (TPSA) is 77.6 Å². The van der Waals surface area contributed by atoms with E-state index in [1.807, 2.05) is 6.92 Å². The minimum Gasteiger partial charge on any atom is -0.497 e. The molecule has 0 aliphatic rings. The number of ether oxygens (including phenoxy) is 2. The van der Waals surface area contributed by atoms with Crippen molar-refractivity contribution >= 4 is 0 Å². The van der Waals surface area contributed by atoms with Crippen LogP contribution in [0.5, 0.6) is 11.5 Å². The number of aryl methyl sites for hydroxylation is 1. The molecule has 0 fully saturated rings. The van der Waals surface area contributed by atoms with E-state index in [0.717, 1.165) is 0 Å². The molecule has 1 aromatic carbocycles. The Morgan fingerprint density at radius 3 is 2.80 bits per heavy atom.